The first-order valence-corrected chi connectivity index (χ1v) is 9.73. The van der Waals surface area contributed by atoms with Crippen molar-refractivity contribution in [2.75, 3.05) is 0 Å². The molecule has 0 spiro atoms. The topological polar surface area (TPSA) is 20.2 Å². The zero-order valence-electron chi connectivity index (χ0n) is 15.0. The highest BCUT2D eigenvalue weighted by atomic mass is 16.3. The summed E-state index contributed by atoms with van der Waals surface area (Å²) in [6.07, 6.45) is 10.3. The van der Waals surface area contributed by atoms with Crippen LogP contribution < -0.4 is 0 Å². The first-order chi connectivity index (χ1) is 10.4. The molecular formula is C21H34O. The Morgan fingerprint density at radius 2 is 1.73 bits per heavy atom. The maximum Gasteiger partial charge on any atom is 0.0577 e. The quantitative estimate of drug-likeness (QED) is 0.599. The molecule has 1 N–H and O–H groups in total. The number of fused-ring (bicyclic) bond motifs is 5. The van der Waals surface area contributed by atoms with Crippen LogP contribution in [0, 0.1) is 34.5 Å². The molecular weight excluding hydrogens is 268 g/mol. The second-order valence-corrected chi connectivity index (χ2v) is 9.68. The summed E-state index contributed by atoms with van der Waals surface area (Å²) < 4.78 is 0. The van der Waals surface area contributed by atoms with Crippen molar-refractivity contribution in [2.24, 2.45) is 34.5 Å². The SMILES string of the molecule is CC1=C2CC(O)CC[C@]2(C)[C@H]2CC[C@]3(C)[C@@H](C)CC[C@H]3[C@@H]2C1. The smallest absolute Gasteiger partial charge is 0.0577 e. The fourth-order valence-corrected chi connectivity index (χ4v) is 7.36. The largest absolute Gasteiger partial charge is 0.393 e. The summed E-state index contributed by atoms with van der Waals surface area (Å²) >= 11 is 0. The molecule has 1 unspecified atom stereocenters. The van der Waals surface area contributed by atoms with Gasteiger partial charge in [0, 0.05) is 0 Å². The second kappa shape index (κ2) is 4.85. The minimum Gasteiger partial charge on any atom is -0.393 e. The molecule has 0 aromatic carbocycles. The lowest BCUT2D eigenvalue weighted by molar-refractivity contribution is -0.0499. The molecule has 0 heterocycles. The lowest BCUT2D eigenvalue weighted by Crippen LogP contribution is -2.50. The Kier molecular flexibility index (Phi) is 3.36. The number of hydrogen-bond acceptors (Lipinski definition) is 1. The van der Waals surface area contributed by atoms with E-state index in [2.05, 4.69) is 27.7 Å². The maximum absolute atomic E-state index is 10.2. The van der Waals surface area contributed by atoms with Crippen molar-refractivity contribution in [1.82, 2.24) is 0 Å². The van der Waals surface area contributed by atoms with Crippen molar-refractivity contribution >= 4 is 0 Å². The standard InChI is InChI=1S/C21H34O/c1-13-11-16-17-6-5-14(2)20(17,3)10-8-18(16)21(4)9-7-15(22)12-19(13)21/h14-18,22H,5-12H2,1-4H3/t14-,15?,16-,17-,18-,20+,21+/m0/s1. The highest BCUT2D eigenvalue weighted by Crippen LogP contribution is 2.67. The average molecular weight is 303 g/mol. The molecule has 0 aromatic rings. The van der Waals surface area contributed by atoms with E-state index in [1.54, 1.807) is 11.1 Å². The van der Waals surface area contributed by atoms with Gasteiger partial charge in [0.1, 0.15) is 0 Å². The third-order valence-electron chi connectivity index (χ3n) is 8.91. The molecule has 0 aromatic heterocycles. The summed E-state index contributed by atoms with van der Waals surface area (Å²) in [5, 5.41) is 10.2. The first kappa shape index (κ1) is 15.2. The van der Waals surface area contributed by atoms with Gasteiger partial charge < -0.3 is 5.11 Å². The van der Waals surface area contributed by atoms with Gasteiger partial charge >= 0.3 is 0 Å². The zero-order valence-corrected chi connectivity index (χ0v) is 15.0. The summed E-state index contributed by atoms with van der Waals surface area (Å²) in [5.41, 5.74) is 4.32. The number of aliphatic hydroxyl groups excluding tert-OH is 1. The van der Waals surface area contributed by atoms with Crippen LogP contribution >= 0.6 is 0 Å². The van der Waals surface area contributed by atoms with Crippen LogP contribution in [0.3, 0.4) is 0 Å². The van der Waals surface area contributed by atoms with Crippen LogP contribution in [0.15, 0.2) is 11.1 Å². The molecule has 4 aliphatic rings. The van der Waals surface area contributed by atoms with Gasteiger partial charge in [-0.25, -0.2) is 0 Å². The second-order valence-electron chi connectivity index (χ2n) is 9.68. The summed E-state index contributed by atoms with van der Waals surface area (Å²) in [6, 6.07) is 0. The Bertz CT molecular complexity index is 506. The van der Waals surface area contributed by atoms with E-state index in [4.69, 9.17) is 0 Å². The van der Waals surface area contributed by atoms with Crippen molar-refractivity contribution in [3.05, 3.63) is 11.1 Å². The van der Waals surface area contributed by atoms with Crippen LogP contribution in [-0.2, 0) is 0 Å². The Hall–Kier alpha value is -0.300. The van der Waals surface area contributed by atoms with E-state index < -0.39 is 0 Å². The van der Waals surface area contributed by atoms with Gasteiger partial charge in [-0.3, -0.25) is 0 Å². The Labute approximate surface area is 136 Å². The summed E-state index contributed by atoms with van der Waals surface area (Å²) in [4.78, 5) is 0. The van der Waals surface area contributed by atoms with Crippen LogP contribution in [0.1, 0.15) is 79.1 Å². The van der Waals surface area contributed by atoms with Crippen LogP contribution in [0.5, 0.6) is 0 Å². The third kappa shape index (κ3) is 1.87. The van der Waals surface area contributed by atoms with E-state index in [1.807, 2.05) is 0 Å². The van der Waals surface area contributed by atoms with Crippen LogP contribution in [0.4, 0.5) is 0 Å². The Morgan fingerprint density at radius 1 is 0.955 bits per heavy atom. The fraction of sp³-hybridized carbons (Fsp3) is 0.905. The van der Waals surface area contributed by atoms with Crippen molar-refractivity contribution in [2.45, 2.75) is 85.2 Å². The van der Waals surface area contributed by atoms with E-state index in [9.17, 15) is 5.11 Å². The molecule has 4 rings (SSSR count). The predicted octanol–water partition coefficient (Wildman–Crippen LogP) is 5.34. The van der Waals surface area contributed by atoms with E-state index in [1.165, 1.54) is 38.5 Å². The third-order valence-corrected chi connectivity index (χ3v) is 8.91. The molecule has 3 fully saturated rings. The van der Waals surface area contributed by atoms with Gasteiger partial charge in [-0.15, -0.1) is 0 Å². The summed E-state index contributed by atoms with van der Waals surface area (Å²) in [7, 11) is 0. The molecule has 0 amide bonds. The van der Waals surface area contributed by atoms with Gasteiger partial charge in [-0.1, -0.05) is 31.9 Å². The summed E-state index contributed by atoms with van der Waals surface area (Å²) in [5.74, 6) is 3.70. The number of aliphatic hydroxyl groups is 1. The molecule has 4 aliphatic carbocycles. The molecule has 0 bridgehead atoms. The van der Waals surface area contributed by atoms with E-state index >= 15 is 0 Å². The highest BCUT2D eigenvalue weighted by Gasteiger charge is 2.58. The molecule has 124 valence electrons. The van der Waals surface area contributed by atoms with Crippen LogP contribution in [0.25, 0.3) is 0 Å². The molecule has 0 radical (unpaired) electrons. The predicted molar refractivity (Wildman–Crippen MR) is 91.5 cm³/mol. The molecule has 7 atom stereocenters. The lowest BCUT2D eigenvalue weighted by Gasteiger charge is -2.59. The number of rotatable bonds is 0. The maximum atomic E-state index is 10.2. The Morgan fingerprint density at radius 3 is 2.50 bits per heavy atom. The van der Waals surface area contributed by atoms with Crippen molar-refractivity contribution in [3.63, 3.8) is 0 Å². The molecule has 3 saturated carbocycles. The van der Waals surface area contributed by atoms with Crippen molar-refractivity contribution < 1.29 is 5.11 Å². The van der Waals surface area contributed by atoms with Gasteiger partial charge in [0.25, 0.3) is 0 Å². The normalized spacial score (nSPS) is 54.7. The molecule has 1 nitrogen and oxygen atoms in total. The minimum absolute atomic E-state index is 0.0741. The molecule has 22 heavy (non-hydrogen) atoms. The average Bonchev–Trinajstić information content (AvgIpc) is 2.77. The van der Waals surface area contributed by atoms with Gasteiger partial charge in [0.2, 0.25) is 0 Å². The van der Waals surface area contributed by atoms with Gasteiger partial charge in [-0.05, 0) is 92.8 Å². The molecule has 0 aliphatic heterocycles. The van der Waals surface area contributed by atoms with E-state index in [-0.39, 0.29) is 6.10 Å². The van der Waals surface area contributed by atoms with Gasteiger partial charge in [-0.2, -0.15) is 0 Å². The minimum atomic E-state index is -0.0741. The van der Waals surface area contributed by atoms with E-state index in [0.29, 0.717) is 10.8 Å². The highest BCUT2D eigenvalue weighted by molar-refractivity contribution is 5.30. The molecule has 1 heteroatoms. The monoisotopic (exact) mass is 302 g/mol. The van der Waals surface area contributed by atoms with Crippen molar-refractivity contribution in [1.29, 1.82) is 0 Å². The zero-order chi connectivity index (χ0) is 15.7. The molecule has 0 saturated heterocycles. The Balaban J connectivity index is 1.73. The van der Waals surface area contributed by atoms with Crippen LogP contribution in [0.2, 0.25) is 0 Å². The number of allylic oxidation sites excluding steroid dienone is 1. The van der Waals surface area contributed by atoms with Gasteiger partial charge in [0.05, 0.1) is 6.10 Å². The fourth-order valence-electron chi connectivity index (χ4n) is 7.36. The van der Waals surface area contributed by atoms with Crippen molar-refractivity contribution in [3.8, 4) is 0 Å². The first-order valence-electron chi connectivity index (χ1n) is 9.73. The lowest BCUT2D eigenvalue weighted by atomic mass is 9.46. The van der Waals surface area contributed by atoms with Crippen LogP contribution in [-0.4, -0.2) is 11.2 Å². The van der Waals surface area contributed by atoms with Gasteiger partial charge in [0.15, 0.2) is 0 Å². The number of hydrogen-bond donors (Lipinski definition) is 1. The summed E-state index contributed by atoms with van der Waals surface area (Å²) in [6.45, 7) is 10.0. The van der Waals surface area contributed by atoms with E-state index in [0.717, 1.165) is 36.5 Å².